The number of nitrogens with zero attached hydrogens (tertiary/aromatic N) is 1. The number of aryl methyl sites for hydroxylation is 1. The molecule has 0 saturated heterocycles. The number of amides is 1. The lowest BCUT2D eigenvalue weighted by Gasteiger charge is -2.21. The van der Waals surface area contributed by atoms with Crippen molar-refractivity contribution in [1.29, 1.82) is 0 Å². The van der Waals surface area contributed by atoms with Gasteiger partial charge in [0.1, 0.15) is 0 Å². The summed E-state index contributed by atoms with van der Waals surface area (Å²) in [5.74, 6) is 0.756. The summed E-state index contributed by atoms with van der Waals surface area (Å²) in [4.78, 5) is 12.7. The highest BCUT2D eigenvalue weighted by molar-refractivity contribution is 6.07. The number of aromatic nitrogens is 1. The summed E-state index contributed by atoms with van der Waals surface area (Å²) >= 11 is 0. The maximum absolute atomic E-state index is 12.7. The van der Waals surface area contributed by atoms with Crippen LogP contribution in [0.5, 0.6) is 0 Å². The summed E-state index contributed by atoms with van der Waals surface area (Å²) in [6.45, 7) is 4.04. The molecule has 0 spiro atoms. The van der Waals surface area contributed by atoms with Crippen molar-refractivity contribution in [3.8, 4) is 0 Å². The fraction of sp³-hybridized carbons (Fsp3) is 0.571. The molecule has 0 unspecified atom stereocenters. The topological polar surface area (TPSA) is 34.0 Å². The van der Waals surface area contributed by atoms with Gasteiger partial charge in [-0.2, -0.15) is 0 Å². The second kappa shape index (κ2) is 8.36. The van der Waals surface area contributed by atoms with Crippen molar-refractivity contribution in [3.63, 3.8) is 0 Å². The molecule has 3 nitrogen and oxygen atoms in total. The smallest absolute Gasteiger partial charge is 0.253 e. The van der Waals surface area contributed by atoms with E-state index in [9.17, 15) is 4.79 Å². The maximum atomic E-state index is 12.7. The number of rotatable bonds is 7. The lowest BCUT2D eigenvalue weighted by molar-refractivity contribution is 0.0945. The van der Waals surface area contributed by atoms with Crippen LogP contribution in [-0.2, 0) is 6.54 Å². The van der Waals surface area contributed by atoms with Crippen molar-refractivity contribution >= 4 is 16.8 Å². The monoisotopic (exact) mass is 326 g/mol. The molecule has 1 aromatic heterocycles. The quantitative estimate of drug-likeness (QED) is 0.702. The van der Waals surface area contributed by atoms with Crippen LogP contribution in [0.1, 0.15) is 68.6 Å². The van der Waals surface area contributed by atoms with E-state index < -0.39 is 0 Å². The van der Waals surface area contributed by atoms with Crippen LogP contribution in [0.4, 0.5) is 0 Å². The van der Waals surface area contributed by atoms with Gasteiger partial charge in [-0.1, -0.05) is 57.2 Å². The van der Waals surface area contributed by atoms with Crippen LogP contribution >= 0.6 is 0 Å². The first-order valence-electron chi connectivity index (χ1n) is 9.65. The number of nitrogens with one attached hydrogen (secondary N) is 1. The zero-order valence-corrected chi connectivity index (χ0v) is 14.9. The Hall–Kier alpha value is -1.77. The van der Waals surface area contributed by atoms with Crippen LogP contribution in [0.2, 0.25) is 0 Å². The second-order valence-corrected chi connectivity index (χ2v) is 7.17. The molecule has 1 aliphatic rings. The third-order valence-corrected chi connectivity index (χ3v) is 5.31. The lowest BCUT2D eigenvalue weighted by atomic mass is 9.89. The summed E-state index contributed by atoms with van der Waals surface area (Å²) in [6, 6.07) is 8.28. The number of benzene rings is 1. The number of para-hydroxylation sites is 1. The molecule has 1 saturated carbocycles. The molecule has 1 amide bonds. The highest BCUT2D eigenvalue weighted by atomic mass is 16.1. The zero-order valence-electron chi connectivity index (χ0n) is 14.9. The van der Waals surface area contributed by atoms with E-state index in [2.05, 4.69) is 41.2 Å². The summed E-state index contributed by atoms with van der Waals surface area (Å²) in [6.07, 6.45) is 12.2. The Kier molecular flexibility index (Phi) is 5.95. The highest BCUT2D eigenvalue weighted by Gasteiger charge is 2.17. The minimum Gasteiger partial charge on any atom is -0.352 e. The van der Waals surface area contributed by atoms with Gasteiger partial charge in [-0.3, -0.25) is 4.79 Å². The molecule has 1 heterocycles. The van der Waals surface area contributed by atoms with E-state index >= 15 is 0 Å². The zero-order chi connectivity index (χ0) is 16.8. The molecule has 1 N–H and O–H groups in total. The van der Waals surface area contributed by atoms with Crippen molar-refractivity contribution in [2.24, 2.45) is 5.92 Å². The number of fused-ring (bicyclic) bond motifs is 1. The first-order valence-corrected chi connectivity index (χ1v) is 9.65. The average Bonchev–Trinajstić information content (AvgIpc) is 3.00. The van der Waals surface area contributed by atoms with E-state index in [4.69, 9.17) is 0 Å². The standard InChI is InChI=1S/C21H30N2O/c1-2-3-9-14-23-16-19(18-12-7-8-13-20(18)23)21(24)22-15-17-10-5-4-6-11-17/h7-8,12-13,16-17H,2-6,9-11,14-15H2,1H3,(H,22,24). The molecular weight excluding hydrogens is 296 g/mol. The van der Waals surface area contributed by atoms with E-state index in [0.717, 1.165) is 30.5 Å². The highest BCUT2D eigenvalue weighted by Crippen LogP contribution is 2.24. The van der Waals surface area contributed by atoms with Crippen LogP contribution in [0.15, 0.2) is 30.5 Å². The number of unbranched alkanes of at least 4 members (excludes halogenated alkanes) is 2. The number of hydrogen-bond donors (Lipinski definition) is 1. The fourth-order valence-electron chi connectivity index (χ4n) is 3.87. The van der Waals surface area contributed by atoms with Crippen LogP contribution < -0.4 is 5.32 Å². The normalized spacial score (nSPS) is 15.7. The Balaban J connectivity index is 1.71. The average molecular weight is 326 g/mol. The van der Waals surface area contributed by atoms with E-state index in [1.54, 1.807) is 0 Å². The lowest BCUT2D eigenvalue weighted by Crippen LogP contribution is -2.30. The molecule has 3 rings (SSSR count). The SMILES string of the molecule is CCCCCn1cc(C(=O)NCC2CCCCC2)c2ccccc21. The maximum Gasteiger partial charge on any atom is 0.253 e. The van der Waals surface area contributed by atoms with Gasteiger partial charge in [0.2, 0.25) is 0 Å². The van der Waals surface area contributed by atoms with E-state index in [0.29, 0.717) is 5.92 Å². The van der Waals surface area contributed by atoms with Gasteiger partial charge in [0, 0.05) is 30.2 Å². The van der Waals surface area contributed by atoms with E-state index in [1.165, 1.54) is 50.5 Å². The first-order chi connectivity index (χ1) is 11.8. The van der Waals surface area contributed by atoms with Gasteiger partial charge in [0.05, 0.1) is 5.56 Å². The molecular formula is C21H30N2O. The molecule has 130 valence electrons. The third-order valence-electron chi connectivity index (χ3n) is 5.31. The van der Waals surface area contributed by atoms with Crippen molar-refractivity contribution in [1.82, 2.24) is 9.88 Å². The predicted molar refractivity (Wildman–Crippen MR) is 100 cm³/mol. The van der Waals surface area contributed by atoms with Crippen molar-refractivity contribution in [2.45, 2.75) is 64.8 Å². The van der Waals surface area contributed by atoms with Gasteiger partial charge in [0.15, 0.2) is 0 Å². The van der Waals surface area contributed by atoms with Crippen LogP contribution in [0, 0.1) is 5.92 Å². The number of hydrogen-bond acceptors (Lipinski definition) is 1. The van der Waals surface area contributed by atoms with Gasteiger partial charge in [-0.05, 0) is 31.2 Å². The Morgan fingerprint density at radius 3 is 2.75 bits per heavy atom. The fourth-order valence-corrected chi connectivity index (χ4v) is 3.87. The molecule has 24 heavy (non-hydrogen) atoms. The summed E-state index contributed by atoms with van der Waals surface area (Å²) in [7, 11) is 0. The molecule has 0 bridgehead atoms. The van der Waals surface area contributed by atoms with Gasteiger partial charge in [0.25, 0.3) is 5.91 Å². The van der Waals surface area contributed by atoms with Gasteiger partial charge < -0.3 is 9.88 Å². The van der Waals surface area contributed by atoms with E-state index in [-0.39, 0.29) is 5.91 Å². The molecule has 0 atom stereocenters. The van der Waals surface area contributed by atoms with Crippen molar-refractivity contribution in [2.75, 3.05) is 6.54 Å². The minimum absolute atomic E-state index is 0.0889. The molecule has 1 fully saturated rings. The molecule has 0 aliphatic heterocycles. The van der Waals surface area contributed by atoms with Crippen molar-refractivity contribution < 1.29 is 4.79 Å². The van der Waals surface area contributed by atoms with Gasteiger partial charge in [-0.15, -0.1) is 0 Å². The summed E-state index contributed by atoms with van der Waals surface area (Å²) in [5, 5.41) is 4.27. The van der Waals surface area contributed by atoms with E-state index in [1.807, 2.05) is 6.07 Å². The Labute approximate surface area is 145 Å². The van der Waals surface area contributed by atoms with Crippen molar-refractivity contribution in [3.05, 3.63) is 36.0 Å². The molecule has 1 aromatic carbocycles. The Bertz CT molecular complexity index is 668. The second-order valence-electron chi connectivity index (χ2n) is 7.17. The Morgan fingerprint density at radius 1 is 1.17 bits per heavy atom. The van der Waals surface area contributed by atoms with Gasteiger partial charge >= 0.3 is 0 Å². The van der Waals surface area contributed by atoms with Crippen LogP contribution in [-0.4, -0.2) is 17.0 Å². The van der Waals surface area contributed by atoms with Crippen LogP contribution in [0.25, 0.3) is 10.9 Å². The molecule has 2 aromatic rings. The van der Waals surface area contributed by atoms with Gasteiger partial charge in [-0.25, -0.2) is 0 Å². The first kappa shape index (κ1) is 17.1. The molecule has 3 heteroatoms. The number of carbonyl (C=O) groups excluding carboxylic acids is 1. The largest absolute Gasteiger partial charge is 0.352 e. The summed E-state index contributed by atoms with van der Waals surface area (Å²) in [5.41, 5.74) is 2.01. The number of carbonyl (C=O) groups is 1. The summed E-state index contributed by atoms with van der Waals surface area (Å²) < 4.78 is 2.25. The predicted octanol–water partition coefficient (Wildman–Crippen LogP) is 5.14. The minimum atomic E-state index is 0.0889. The molecule has 1 aliphatic carbocycles. The third kappa shape index (κ3) is 4.00. The Morgan fingerprint density at radius 2 is 1.96 bits per heavy atom. The molecule has 0 radical (unpaired) electrons. The van der Waals surface area contributed by atoms with Crippen LogP contribution in [0.3, 0.4) is 0 Å².